The van der Waals surface area contributed by atoms with Crippen LogP contribution in [0.3, 0.4) is 0 Å². The van der Waals surface area contributed by atoms with E-state index in [4.69, 9.17) is 9.47 Å². The zero-order valence-electron chi connectivity index (χ0n) is 16.6. The first kappa shape index (κ1) is 20.5. The maximum Gasteiger partial charge on any atom is 0.191 e. The van der Waals surface area contributed by atoms with E-state index in [1.807, 2.05) is 7.05 Å². The lowest BCUT2D eigenvalue weighted by molar-refractivity contribution is -0.0284. The lowest BCUT2D eigenvalue weighted by Crippen LogP contribution is -2.51. The second-order valence-corrected chi connectivity index (χ2v) is 8.05. The van der Waals surface area contributed by atoms with Crippen LogP contribution < -0.4 is 10.6 Å². The van der Waals surface area contributed by atoms with Crippen LogP contribution in [0.15, 0.2) is 4.99 Å². The fourth-order valence-corrected chi connectivity index (χ4v) is 3.80. The average Bonchev–Trinajstić information content (AvgIpc) is 2.56. The van der Waals surface area contributed by atoms with Gasteiger partial charge in [0.2, 0.25) is 0 Å². The van der Waals surface area contributed by atoms with Crippen molar-refractivity contribution in [2.45, 2.75) is 45.6 Å². The molecule has 146 valence electrons. The van der Waals surface area contributed by atoms with Crippen molar-refractivity contribution in [3.63, 3.8) is 0 Å². The van der Waals surface area contributed by atoms with E-state index in [0.717, 1.165) is 58.3 Å². The maximum atomic E-state index is 5.91. The molecule has 2 fully saturated rings. The second kappa shape index (κ2) is 10.3. The number of nitrogens with one attached hydrogen (secondary N) is 2. The lowest BCUT2D eigenvalue weighted by Gasteiger charge is -2.42. The molecule has 1 saturated heterocycles. The van der Waals surface area contributed by atoms with E-state index in [1.165, 1.54) is 19.3 Å². The normalized spacial score (nSPS) is 24.2. The Kier molecular flexibility index (Phi) is 8.46. The molecule has 0 bridgehead atoms. The van der Waals surface area contributed by atoms with Crippen molar-refractivity contribution in [2.24, 2.45) is 16.3 Å². The Hall–Kier alpha value is -0.850. The van der Waals surface area contributed by atoms with Crippen molar-refractivity contribution in [3.05, 3.63) is 0 Å². The standard InChI is InChI=1S/C19H38N4O2/c1-16(2)13-23-9-11-25-17(14-23)12-21-18(20-3)22-15-19(6-5-7-19)8-10-24-4/h16-17H,5-15H2,1-4H3,(H2,20,21,22). The van der Waals surface area contributed by atoms with Crippen LogP contribution in [0.5, 0.6) is 0 Å². The Morgan fingerprint density at radius 3 is 2.76 bits per heavy atom. The number of ether oxygens (including phenoxy) is 2. The van der Waals surface area contributed by atoms with E-state index >= 15 is 0 Å². The molecule has 0 spiro atoms. The molecule has 1 saturated carbocycles. The molecule has 0 aromatic heterocycles. The minimum absolute atomic E-state index is 0.234. The third-order valence-electron chi connectivity index (χ3n) is 5.45. The second-order valence-electron chi connectivity index (χ2n) is 8.05. The largest absolute Gasteiger partial charge is 0.385 e. The van der Waals surface area contributed by atoms with Gasteiger partial charge in [-0.15, -0.1) is 0 Å². The molecular formula is C19H38N4O2. The Morgan fingerprint density at radius 1 is 1.36 bits per heavy atom. The molecule has 0 aromatic rings. The number of methoxy groups -OCH3 is 1. The topological polar surface area (TPSA) is 58.1 Å². The van der Waals surface area contributed by atoms with E-state index in [2.05, 4.69) is 34.4 Å². The summed E-state index contributed by atoms with van der Waals surface area (Å²) in [4.78, 5) is 6.88. The van der Waals surface area contributed by atoms with Crippen molar-refractivity contribution >= 4 is 5.96 Å². The highest BCUT2D eigenvalue weighted by atomic mass is 16.5. The van der Waals surface area contributed by atoms with Crippen LogP contribution in [0.25, 0.3) is 0 Å². The SMILES string of the molecule is CN=C(NCC1CN(CC(C)C)CCO1)NCC1(CCOC)CCC1. The van der Waals surface area contributed by atoms with Crippen LogP contribution in [-0.4, -0.2) is 77.1 Å². The molecule has 0 amide bonds. The molecule has 1 atom stereocenters. The van der Waals surface area contributed by atoms with Gasteiger partial charge in [0.15, 0.2) is 5.96 Å². The van der Waals surface area contributed by atoms with Gasteiger partial charge in [0, 0.05) is 53.5 Å². The van der Waals surface area contributed by atoms with Gasteiger partial charge in [0.25, 0.3) is 0 Å². The number of nitrogens with zero attached hydrogens (tertiary/aromatic N) is 2. The number of hydrogen-bond acceptors (Lipinski definition) is 4. The molecule has 2 aliphatic rings. The van der Waals surface area contributed by atoms with Gasteiger partial charge in [-0.3, -0.25) is 9.89 Å². The fraction of sp³-hybridized carbons (Fsp3) is 0.947. The minimum Gasteiger partial charge on any atom is -0.385 e. The molecule has 0 radical (unpaired) electrons. The smallest absolute Gasteiger partial charge is 0.191 e. The van der Waals surface area contributed by atoms with Crippen LogP contribution >= 0.6 is 0 Å². The quantitative estimate of drug-likeness (QED) is 0.488. The first-order valence-electron chi connectivity index (χ1n) is 9.84. The van der Waals surface area contributed by atoms with E-state index in [1.54, 1.807) is 7.11 Å². The van der Waals surface area contributed by atoms with Crippen LogP contribution in [0.4, 0.5) is 0 Å². The van der Waals surface area contributed by atoms with Gasteiger partial charge in [-0.05, 0) is 30.6 Å². The highest BCUT2D eigenvalue weighted by Crippen LogP contribution is 2.43. The summed E-state index contributed by atoms with van der Waals surface area (Å²) < 4.78 is 11.2. The number of guanidine groups is 1. The molecule has 2 N–H and O–H groups in total. The van der Waals surface area contributed by atoms with E-state index in [9.17, 15) is 0 Å². The van der Waals surface area contributed by atoms with Gasteiger partial charge in [0.1, 0.15) is 0 Å². The first-order chi connectivity index (χ1) is 12.1. The van der Waals surface area contributed by atoms with E-state index in [0.29, 0.717) is 11.3 Å². The summed E-state index contributed by atoms with van der Waals surface area (Å²) in [5.74, 6) is 1.58. The zero-order valence-corrected chi connectivity index (χ0v) is 16.6. The highest BCUT2D eigenvalue weighted by Gasteiger charge is 2.36. The number of hydrogen-bond donors (Lipinski definition) is 2. The summed E-state index contributed by atoms with van der Waals surface area (Å²) in [6.07, 6.45) is 5.27. The number of morpholine rings is 1. The maximum absolute atomic E-state index is 5.91. The molecule has 6 heteroatoms. The molecule has 0 aromatic carbocycles. The molecule has 1 heterocycles. The summed E-state index contributed by atoms with van der Waals surface area (Å²) in [7, 11) is 3.62. The Morgan fingerprint density at radius 2 is 2.16 bits per heavy atom. The van der Waals surface area contributed by atoms with Crippen molar-refractivity contribution in [3.8, 4) is 0 Å². The van der Waals surface area contributed by atoms with Gasteiger partial charge in [-0.1, -0.05) is 20.3 Å². The third kappa shape index (κ3) is 6.76. The van der Waals surface area contributed by atoms with Crippen LogP contribution in [0.2, 0.25) is 0 Å². The van der Waals surface area contributed by atoms with Crippen LogP contribution in [-0.2, 0) is 9.47 Å². The van der Waals surface area contributed by atoms with Crippen molar-refractivity contribution in [1.82, 2.24) is 15.5 Å². The van der Waals surface area contributed by atoms with Crippen LogP contribution in [0, 0.1) is 11.3 Å². The van der Waals surface area contributed by atoms with Crippen LogP contribution in [0.1, 0.15) is 39.5 Å². The van der Waals surface area contributed by atoms with E-state index in [-0.39, 0.29) is 6.10 Å². The molecule has 6 nitrogen and oxygen atoms in total. The lowest BCUT2D eigenvalue weighted by atomic mass is 9.67. The van der Waals surface area contributed by atoms with Gasteiger partial charge in [-0.25, -0.2) is 0 Å². The van der Waals surface area contributed by atoms with Gasteiger partial charge in [0.05, 0.1) is 12.7 Å². The number of aliphatic imine (C=N–C) groups is 1. The number of rotatable bonds is 9. The van der Waals surface area contributed by atoms with Crippen molar-refractivity contribution in [1.29, 1.82) is 0 Å². The zero-order chi connectivity index (χ0) is 18.1. The summed E-state index contributed by atoms with van der Waals surface area (Å²) >= 11 is 0. The molecular weight excluding hydrogens is 316 g/mol. The Balaban J connectivity index is 1.71. The average molecular weight is 355 g/mol. The Bertz CT molecular complexity index is 410. The van der Waals surface area contributed by atoms with Gasteiger partial charge in [-0.2, -0.15) is 0 Å². The minimum atomic E-state index is 0.234. The Labute approximate surface area is 153 Å². The van der Waals surface area contributed by atoms with Gasteiger partial charge < -0.3 is 20.1 Å². The van der Waals surface area contributed by atoms with Gasteiger partial charge >= 0.3 is 0 Å². The highest BCUT2D eigenvalue weighted by molar-refractivity contribution is 5.79. The predicted molar refractivity (Wildman–Crippen MR) is 103 cm³/mol. The molecule has 1 unspecified atom stereocenters. The summed E-state index contributed by atoms with van der Waals surface area (Å²) in [6, 6.07) is 0. The molecule has 1 aliphatic carbocycles. The molecule has 1 aliphatic heterocycles. The molecule has 2 rings (SSSR count). The first-order valence-corrected chi connectivity index (χ1v) is 9.84. The summed E-state index contributed by atoms with van der Waals surface area (Å²) in [6.45, 7) is 11.2. The monoisotopic (exact) mass is 354 g/mol. The molecule has 25 heavy (non-hydrogen) atoms. The summed E-state index contributed by atoms with van der Waals surface area (Å²) in [5.41, 5.74) is 0.392. The third-order valence-corrected chi connectivity index (χ3v) is 5.45. The predicted octanol–water partition coefficient (Wildman–Crippen LogP) is 1.72. The summed E-state index contributed by atoms with van der Waals surface area (Å²) in [5, 5.41) is 6.96. The van der Waals surface area contributed by atoms with Crippen molar-refractivity contribution in [2.75, 3.05) is 60.1 Å². The fourth-order valence-electron chi connectivity index (χ4n) is 3.80. The van der Waals surface area contributed by atoms with Crippen molar-refractivity contribution < 1.29 is 9.47 Å². The van der Waals surface area contributed by atoms with E-state index < -0.39 is 0 Å².